The van der Waals surface area contributed by atoms with E-state index < -0.39 is 9.84 Å². The molecule has 2 rings (SSSR count). The first-order valence-corrected chi connectivity index (χ1v) is 11.0. The minimum atomic E-state index is -2.98. The fraction of sp³-hybridized carbons (Fsp3) is 0.625. The first kappa shape index (κ1) is 20.8. The van der Waals surface area contributed by atoms with Crippen molar-refractivity contribution < 1.29 is 13.2 Å². The molecule has 0 spiro atoms. The number of hydrogen-bond donors (Lipinski definition) is 2. The van der Waals surface area contributed by atoms with Crippen molar-refractivity contribution in [1.29, 1.82) is 0 Å². The Balaban J connectivity index is 1.76. The molecule has 0 saturated carbocycles. The predicted molar refractivity (Wildman–Crippen MR) is 106 cm³/mol. The largest absolute Gasteiger partial charge is 0.356 e. The number of guanidine groups is 1. The maximum absolute atomic E-state index is 12.0. The molecule has 1 unspecified atom stereocenters. The molecular formula is C16H26BrN5O3S. The first-order valence-electron chi connectivity index (χ1n) is 8.42. The summed E-state index contributed by atoms with van der Waals surface area (Å²) in [5, 5.41) is 5.95. The Hall–Kier alpha value is -1.55. The van der Waals surface area contributed by atoms with Gasteiger partial charge in [0.1, 0.15) is 0 Å². The molecule has 0 radical (unpaired) electrons. The van der Waals surface area contributed by atoms with Crippen LogP contribution in [0.1, 0.15) is 18.5 Å². The van der Waals surface area contributed by atoms with E-state index in [0.717, 1.165) is 10.2 Å². The van der Waals surface area contributed by atoms with E-state index in [2.05, 4.69) is 31.6 Å². The van der Waals surface area contributed by atoms with Gasteiger partial charge in [0.25, 0.3) is 0 Å². The van der Waals surface area contributed by atoms with E-state index in [-0.39, 0.29) is 29.9 Å². The quantitative estimate of drug-likeness (QED) is 0.488. The summed E-state index contributed by atoms with van der Waals surface area (Å²) in [7, 11) is 2.63. The fourth-order valence-corrected chi connectivity index (χ4v) is 5.17. The highest BCUT2D eigenvalue weighted by Gasteiger charge is 2.28. The van der Waals surface area contributed by atoms with E-state index >= 15 is 0 Å². The van der Waals surface area contributed by atoms with Crippen molar-refractivity contribution in [3.63, 3.8) is 0 Å². The molecule has 0 aromatic carbocycles. The topological polar surface area (TPSA) is 95.8 Å². The van der Waals surface area contributed by atoms with Gasteiger partial charge in [0.05, 0.1) is 18.1 Å². The second-order valence-electron chi connectivity index (χ2n) is 6.51. The zero-order chi connectivity index (χ0) is 19.3. The van der Waals surface area contributed by atoms with Crippen LogP contribution in [0.2, 0.25) is 0 Å². The lowest BCUT2D eigenvalue weighted by Gasteiger charge is -2.22. The number of nitrogens with one attached hydrogen (secondary N) is 2. The molecule has 1 saturated heterocycles. The smallest absolute Gasteiger partial charge is 0.222 e. The van der Waals surface area contributed by atoms with Crippen LogP contribution >= 0.6 is 15.9 Å². The number of halogens is 1. The number of amides is 1. The molecule has 1 amide bonds. The summed E-state index contributed by atoms with van der Waals surface area (Å²) in [6.07, 6.45) is 2.75. The van der Waals surface area contributed by atoms with Crippen LogP contribution in [0, 0.1) is 0 Å². The van der Waals surface area contributed by atoms with Crippen LogP contribution in [-0.2, 0) is 28.2 Å². The van der Waals surface area contributed by atoms with Gasteiger partial charge in [-0.1, -0.05) is 0 Å². The van der Waals surface area contributed by atoms with Crippen LogP contribution in [-0.4, -0.2) is 67.9 Å². The molecule has 1 atom stereocenters. The molecule has 1 fully saturated rings. The average Bonchev–Trinajstić information content (AvgIpc) is 3.04. The molecular weight excluding hydrogens is 422 g/mol. The number of hydrogen-bond acceptors (Lipinski definition) is 4. The number of carbonyl (C=O) groups excluding carboxylic acids is 1. The highest BCUT2D eigenvalue weighted by Crippen LogP contribution is 2.15. The zero-order valence-corrected chi connectivity index (χ0v) is 17.7. The Morgan fingerprint density at radius 1 is 1.50 bits per heavy atom. The Bertz CT molecular complexity index is 775. The summed E-state index contributed by atoms with van der Waals surface area (Å²) >= 11 is 3.46. The van der Waals surface area contributed by atoms with E-state index in [9.17, 15) is 13.2 Å². The number of nitrogens with zero attached hydrogens (tertiary/aromatic N) is 3. The van der Waals surface area contributed by atoms with Gasteiger partial charge in [0, 0.05) is 56.5 Å². The maximum Gasteiger partial charge on any atom is 0.222 e. The average molecular weight is 448 g/mol. The van der Waals surface area contributed by atoms with Crippen LogP contribution in [0.15, 0.2) is 21.7 Å². The fourth-order valence-electron chi connectivity index (χ4n) is 2.92. The van der Waals surface area contributed by atoms with E-state index in [1.165, 1.54) is 0 Å². The SMILES string of the molecule is CN=C(NCCC(=O)NC1CCS(=O)(=O)C1)N(C)Cc1cc(Br)cn1C. The molecule has 1 aliphatic rings. The van der Waals surface area contributed by atoms with E-state index in [1.807, 2.05) is 35.8 Å². The van der Waals surface area contributed by atoms with Gasteiger partial charge < -0.3 is 20.1 Å². The van der Waals surface area contributed by atoms with Crippen molar-refractivity contribution in [2.24, 2.45) is 12.0 Å². The van der Waals surface area contributed by atoms with Crippen molar-refractivity contribution in [1.82, 2.24) is 20.1 Å². The van der Waals surface area contributed by atoms with E-state index in [0.29, 0.717) is 25.5 Å². The molecule has 1 aliphatic heterocycles. The van der Waals surface area contributed by atoms with Gasteiger partial charge in [-0.25, -0.2) is 8.42 Å². The lowest BCUT2D eigenvalue weighted by atomic mass is 10.2. The first-order chi connectivity index (χ1) is 12.2. The second-order valence-corrected chi connectivity index (χ2v) is 9.65. The Labute approximate surface area is 163 Å². The number of aliphatic imine (C=N–C) groups is 1. The maximum atomic E-state index is 12.0. The van der Waals surface area contributed by atoms with Gasteiger partial charge >= 0.3 is 0 Å². The standard InChI is InChI=1S/C16H26BrN5O3S/c1-18-16(22(3)10-14-8-12(17)9-21(14)2)19-6-4-15(23)20-13-5-7-26(24,25)11-13/h8-9,13H,4-7,10-11H2,1-3H3,(H,18,19)(H,20,23). The Kier molecular flexibility index (Phi) is 7.10. The molecule has 0 bridgehead atoms. The molecule has 26 heavy (non-hydrogen) atoms. The third-order valence-electron chi connectivity index (χ3n) is 4.28. The highest BCUT2D eigenvalue weighted by molar-refractivity contribution is 9.10. The zero-order valence-electron chi connectivity index (χ0n) is 15.3. The third-order valence-corrected chi connectivity index (χ3v) is 6.48. The number of aromatic nitrogens is 1. The molecule has 2 N–H and O–H groups in total. The molecule has 1 aromatic rings. The number of carbonyl (C=O) groups is 1. The van der Waals surface area contributed by atoms with E-state index in [4.69, 9.17) is 0 Å². The van der Waals surface area contributed by atoms with Gasteiger partial charge in [-0.15, -0.1) is 0 Å². The van der Waals surface area contributed by atoms with Crippen molar-refractivity contribution >= 4 is 37.6 Å². The Morgan fingerprint density at radius 3 is 2.77 bits per heavy atom. The summed E-state index contributed by atoms with van der Waals surface area (Å²) in [5.41, 5.74) is 1.13. The van der Waals surface area contributed by atoms with E-state index in [1.54, 1.807) is 7.05 Å². The summed E-state index contributed by atoms with van der Waals surface area (Å²) in [4.78, 5) is 18.2. The van der Waals surface area contributed by atoms with Gasteiger partial charge in [0.15, 0.2) is 15.8 Å². The lowest BCUT2D eigenvalue weighted by Crippen LogP contribution is -2.41. The van der Waals surface area contributed by atoms with Crippen LogP contribution < -0.4 is 10.6 Å². The lowest BCUT2D eigenvalue weighted by molar-refractivity contribution is -0.121. The van der Waals surface area contributed by atoms with Crippen molar-refractivity contribution in [3.8, 4) is 0 Å². The molecule has 146 valence electrons. The predicted octanol–water partition coefficient (Wildman–Crippen LogP) is 0.488. The molecule has 2 heterocycles. The van der Waals surface area contributed by atoms with Crippen molar-refractivity contribution in [2.75, 3.05) is 32.1 Å². The van der Waals surface area contributed by atoms with Gasteiger partial charge in [0.2, 0.25) is 5.91 Å². The highest BCUT2D eigenvalue weighted by atomic mass is 79.9. The van der Waals surface area contributed by atoms with Crippen LogP contribution in [0.4, 0.5) is 0 Å². The summed E-state index contributed by atoms with van der Waals surface area (Å²) in [6, 6.07) is 1.79. The van der Waals surface area contributed by atoms with Gasteiger partial charge in [-0.05, 0) is 28.4 Å². The molecule has 0 aliphatic carbocycles. The number of rotatable bonds is 6. The van der Waals surface area contributed by atoms with Crippen molar-refractivity contribution in [2.45, 2.75) is 25.4 Å². The minimum absolute atomic E-state index is 0.0444. The van der Waals surface area contributed by atoms with Gasteiger partial charge in [-0.2, -0.15) is 0 Å². The van der Waals surface area contributed by atoms with Crippen LogP contribution in [0.25, 0.3) is 0 Å². The van der Waals surface area contributed by atoms with Crippen LogP contribution in [0.5, 0.6) is 0 Å². The molecule has 1 aromatic heterocycles. The van der Waals surface area contributed by atoms with Crippen LogP contribution in [0.3, 0.4) is 0 Å². The Morgan fingerprint density at radius 2 is 2.23 bits per heavy atom. The molecule has 10 heteroatoms. The summed E-state index contributed by atoms with van der Waals surface area (Å²) in [5.74, 6) is 0.744. The third kappa shape index (κ3) is 6.01. The van der Waals surface area contributed by atoms with Crippen molar-refractivity contribution in [3.05, 3.63) is 22.4 Å². The minimum Gasteiger partial charge on any atom is -0.356 e. The summed E-state index contributed by atoms with van der Waals surface area (Å²) < 4.78 is 25.9. The number of sulfone groups is 1. The normalized spacial score (nSPS) is 19.4. The second kappa shape index (κ2) is 8.90. The summed E-state index contributed by atoms with van der Waals surface area (Å²) in [6.45, 7) is 1.10. The monoisotopic (exact) mass is 447 g/mol. The number of aryl methyl sites for hydroxylation is 1. The van der Waals surface area contributed by atoms with Gasteiger partial charge in [-0.3, -0.25) is 9.79 Å². The molecule has 8 nitrogen and oxygen atoms in total.